The van der Waals surface area contributed by atoms with Crippen LogP contribution in [0.4, 0.5) is 0 Å². The number of carbonyl (C=O) groups excluding carboxylic acids is 1. The molecule has 0 spiro atoms. The van der Waals surface area contributed by atoms with Crippen molar-refractivity contribution in [3.05, 3.63) is 82.7 Å². The number of fused-ring (bicyclic) bond motifs is 1. The number of thiophene rings is 1. The SMILES string of the molecule is COc1ccc(C2C(C(=O)OC(C)C)=C(C)N=c3sc(=Cc4sccc4C)c(=O)n32)cc1. The van der Waals surface area contributed by atoms with Crippen molar-refractivity contribution in [2.45, 2.75) is 39.8 Å². The molecule has 1 aromatic carbocycles. The highest BCUT2D eigenvalue weighted by Crippen LogP contribution is 2.32. The maximum Gasteiger partial charge on any atom is 0.338 e. The van der Waals surface area contributed by atoms with Gasteiger partial charge in [-0.2, -0.15) is 0 Å². The molecule has 32 heavy (non-hydrogen) atoms. The third kappa shape index (κ3) is 4.08. The molecule has 0 fully saturated rings. The van der Waals surface area contributed by atoms with Gasteiger partial charge in [0.15, 0.2) is 4.80 Å². The topological polar surface area (TPSA) is 69.9 Å². The van der Waals surface area contributed by atoms with Crippen LogP contribution >= 0.6 is 22.7 Å². The molecule has 1 unspecified atom stereocenters. The van der Waals surface area contributed by atoms with Gasteiger partial charge in [0.05, 0.1) is 35.1 Å². The van der Waals surface area contributed by atoms with Crippen LogP contribution in [0.5, 0.6) is 5.75 Å². The van der Waals surface area contributed by atoms with Crippen LogP contribution < -0.4 is 19.6 Å². The predicted octanol–water partition coefficient (Wildman–Crippen LogP) is 3.57. The van der Waals surface area contributed by atoms with E-state index in [-0.39, 0.29) is 11.7 Å². The summed E-state index contributed by atoms with van der Waals surface area (Å²) in [4.78, 5) is 32.8. The van der Waals surface area contributed by atoms with Crippen LogP contribution in [0.3, 0.4) is 0 Å². The molecule has 0 N–H and O–H groups in total. The number of aryl methyl sites for hydroxylation is 1. The molecule has 1 atom stereocenters. The van der Waals surface area contributed by atoms with E-state index in [4.69, 9.17) is 9.47 Å². The molecular weight excluding hydrogens is 444 g/mol. The largest absolute Gasteiger partial charge is 0.497 e. The van der Waals surface area contributed by atoms with Crippen LogP contribution in [0.2, 0.25) is 0 Å². The molecule has 1 aliphatic rings. The summed E-state index contributed by atoms with van der Waals surface area (Å²) in [6.07, 6.45) is 1.62. The van der Waals surface area contributed by atoms with Gasteiger partial charge in [-0.25, -0.2) is 9.79 Å². The molecule has 0 aliphatic carbocycles. The molecule has 2 aromatic heterocycles. The number of aromatic nitrogens is 1. The molecule has 0 saturated carbocycles. The first-order valence-corrected chi connectivity index (χ1v) is 11.9. The standard InChI is InChI=1S/C24H24N2O4S2/c1-13(2)30-23(28)20-15(4)25-24-26(21(20)16-6-8-17(29-5)9-7-16)22(27)19(32-24)12-18-14(3)10-11-31-18/h6-13,21H,1-5H3. The van der Waals surface area contributed by atoms with Gasteiger partial charge >= 0.3 is 5.97 Å². The van der Waals surface area contributed by atoms with E-state index in [1.54, 1.807) is 43.8 Å². The molecular formula is C24H24N2O4S2. The maximum absolute atomic E-state index is 13.5. The first kappa shape index (κ1) is 22.2. The lowest BCUT2D eigenvalue weighted by Crippen LogP contribution is -2.40. The summed E-state index contributed by atoms with van der Waals surface area (Å²) in [6, 6.07) is 8.77. The summed E-state index contributed by atoms with van der Waals surface area (Å²) in [5.74, 6) is 0.229. The number of esters is 1. The van der Waals surface area contributed by atoms with E-state index in [1.807, 2.05) is 48.7 Å². The molecule has 6 nitrogen and oxygen atoms in total. The van der Waals surface area contributed by atoms with Gasteiger partial charge in [-0.1, -0.05) is 23.5 Å². The Kier molecular flexibility index (Phi) is 6.17. The molecule has 0 saturated heterocycles. The highest BCUT2D eigenvalue weighted by Gasteiger charge is 2.33. The molecule has 1 aliphatic heterocycles. The number of methoxy groups -OCH3 is 1. The minimum Gasteiger partial charge on any atom is -0.497 e. The van der Waals surface area contributed by atoms with Gasteiger partial charge in [-0.3, -0.25) is 9.36 Å². The second-order valence-electron chi connectivity index (χ2n) is 7.78. The molecule has 0 bridgehead atoms. The number of ether oxygens (including phenoxy) is 2. The van der Waals surface area contributed by atoms with Crippen molar-refractivity contribution < 1.29 is 14.3 Å². The average Bonchev–Trinajstić information content (AvgIpc) is 3.29. The zero-order chi connectivity index (χ0) is 23.0. The van der Waals surface area contributed by atoms with Gasteiger partial charge in [0.1, 0.15) is 5.75 Å². The van der Waals surface area contributed by atoms with Crippen molar-refractivity contribution in [2.75, 3.05) is 7.11 Å². The third-order valence-electron chi connectivity index (χ3n) is 5.18. The number of hydrogen-bond acceptors (Lipinski definition) is 7. The minimum atomic E-state index is -0.630. The Balaban J connectivity index is 1.95. The molecule has 166 valence electrons. The summed E-state index contributed by atoms with van der Waals surface area (Å²) < 4.78 is 13.0. The van der Waals surface area contributed by atoms with E-state index in [0.29, 0.717) is 26.4 Å². The van der Waals surface area contributed by atoms with E-state index in [9.17, 15) is 9.59 Å². The van der Waals surface area contributed by atoms with Crippen molar-refractivity contribution in [2.24, 2.45) is 4.99 Å². The minimum absolute atomic E-state index is 0.176. The van der Waals surface area contributed by atoms with Crippen molar-refractivity contribution in [1.29, 1.82) is 0 Å². The van der Waals surface area contributed by atoms with Crippen LogP contribution in [0, 0.1) is 6.92 Å². The quantitative estimate of drug-likeness (QED) is 0.537. The Bertz CT molecular complexity index is 1370. The van der Waals surface area contributed by atoms with Crippen LogP contribution in [0.1, 0.15) is 42.8 Å². The summed E-state index contributed by atoms with van der Waals surface area (Å²) >= 11 is 2.92. The fraction of sp³-hybridized carbons (Fsp3) is 0.292. The first-order chi connectivity index (χ1) is 15.3. The van der Waals surface area contributed by atoms with Crippen LogP contribution in [0.25, 0.3) is 6.08 Å². The molecule has 4 rings (SSSR count). The average molecular weight is 469 g/mol. The molecule has 3 aromatic rings. The number of nitrogens with zero attached hydrogens (tertiary/aromatic N) is 2. The van der Waals surface area contributed by atoms with Crippen molar-refractivity contribution in [3.8, 4) is 5.75 Å². The number of benzene rings is 1. The number of rotatable bonds is 5. The number of allylic oxidation sites excluding steroid dienone is 1. The van der Waals surface area contributed by atoms with E-state index >= 15 is 0 Å². The zero-order valence-corrected chi connectivity index (χ0v) is 20.2. The summed E-state index contributed by atoms with van der Waals surface area (Å²) in [5, 5.41) is 2.00. The lowest BCUT2D eigenvalue weighted by atomic mass is 9.96. The van der Waals surface area contributed by atoms with E-state index < -0.39 is 12.0 Å². The summed E-state index contributed by atoms with van der Waals surface area (Å²) in [7, 11) is 1.60. The zero-order valence-electron chi connectivity index (χ0n) is 18.5. The highest BCUT2D eigenvalue weighted by molar-refractivity contribution is 7.11. The Morgan fingerprint density at radius 1 is 1.19 bits per heavy atom. The van der Waals surface area contributed by atoms with E-state index in [0.717, 1.165) is 16.0 Å². The van der Waals surface area contributed by atoms with Gasteiger partial charge in [0, 0.05) is 4.88 Å². The lowest BCUT2D eigenvalue weighted by molar-refractivity contribution is -0.143. The second-order valence-corrected chi connectivity index (χ2v) is 9.73. The lowest BCUT2D eigenvalue weighted by Gasteiger charge is -2.25. The van der Waals surface area contributed by atoms with E-state index in [2.05, 4.69) is 4.99 Å². The van der Waals surface area contributed by atoms with E-state index in [1.165, 1.54) is 11.3 Å². The maximum atomic E-state index is 13.5. The summed E-state index contributed by atoms with van der Waals surface area (Å²) in [5.41, 5.74) is 2.65. The molecule has 3 heterocycles. The Morgan fingerprint density at radius 3 is 2.50 bits per heavy atom. The van der Waals surface area contributed by atoms with Gasteiger partial charge in [0.2, 0.25) is 0 Å². The number of thiazole rings is 1. The predicted molar refractivity (Wildman–Crippen MR) is 127 cm³/mol. The van der Waals surface area contributed by atoms with Crippen molar-refractivity contribution >= 4 is 34.7 Å². The van der Waals surface area contributed by atoms with Crippen LogP contribution in [-0.2, 0) is 9.53 Å². The van der Waals surface area contributed by atoms with Gasteiger partial charge in [-0.15, -0.1) is 11.3 Å². The van der Waals surface area contributed by atoms with Crippen LogP contribution in [0.15, 0.2) is 56.8 Å². The fourth-order valence-corrected chi connectivity index (χ4v) is 5.57. The summed E-state index contributed by atoms with van der Waals surface area (Å²) in [6.45, 7) is 7.40. The highest BCUT2D eigenvalue weighted by atomic mass is 32.1. The smallest absolute Gasteiger partial charge is 0.338 e. The van der Waals surface area contributed by atoms with Crippen LogP contribution in [-0.4, -0.2) is 23.8 Å². The van der Waals surface area contributed by atoms with Gasteiger partial charge < -0.3 is 9.47 Å². The van der Waals surface area contributed by atoms with Crippen molar-refractivity contribution in [3.63, 3.8) is 0 Å². The number of carbonyl (C=O) groups is 1. The number of hydrogen-bond donors (Lipinski definition) is 0. The third-order valence-corrected chi connectivity index (χ3v) is 7.13. The second kappa shape index (κ2) is 8.88. The van der Waals surface area contributed by atoms with Gasteiger partial charge in [-0.05, 0) is 68.5 Å². The molecule has 0 radical (unpaired) electrons. The van der Waals surface area contributed by atoms with Gasteiger partial charge in [0.25, 0.3) is 5.56 Å². The Labute approximate surface area is 193 Å². The molecule has 0 amide bonds. The first-order valence-electron chi connectivity index (χ1n) is 10.2. The Morgan fingerprint density at radius 2 is 1.91 bits per heavy atom. The Hall–Kier alpha value is -2.97. The fourth-order valence-electron chi connectivity index (χ4n) is 3.61. The van der Waals surface area contributed by atoms with Crippen molar-refractivity contribution in [1.82, 2.24) is 4.57 Å². The molecule has 8 heteroatoms. The monoisotopic (exact) mass is 468 g/mol. The normalized spacial score (nSPS) is 16.2.